The number of carbonyl (C=O) groups excluding carboxylic acids is 2. The fraction of sp³-hybridized carbons (Fsp3) is 0.360. The molecule has 2 atom stereocenters. The molecule has 1 heterocycles. The summed E-state index contributed by atoms with van der Waals surface area (Å²) in [7, 11) is 4.91. The molecular weight excluding hydrogens is 438 g/mol. The van der Waals surface area contributed by atoms with Crippen molar-refractivity contribution in [2.45, 2.75) is 19.3 Å². The van der Waals surface area contributed by atoms with Gasteiger partial charge in [-0.25, -0.2) is 4.90 Å². The van der Waals surface area contributed by atoms with Crippen LogP contribution in [-0.4, -0.2) is 44.5 Å². The Morgan fingerprint density at radius 1 is 1.00 bits per heavy atom. The molecule has 2 aromatic rings. The Kier molecular flexibility index (Phi) is 6.54. The minimum absolute atomic E-state index is 0.152. The Morgan fingerprint density at radius 3 is 2.24 bits per heavy atom. The Balaban J connectivity index is 1.54. The van der Waals surface area contributed by atoms with Gasteiger partial charge in [-0.2, -0.15) is 0 Å². The minimum atomic E-state index is -0.481. The van der Waals surface area contributed by atoms with E-state index < -0.39 is 4.92 Å². The fourth-order valence-electron chi connectivity index (χ4n) is 4.63. The maximum Gasteiger partial charge on any atom is 0.294 e. The van der Waals surface area contributed by atoms with Crippen LogP contribution in [-0.2, 0) is 16.0 Å². The van der Waals surface area contributed by atoms with E-state index in [0.29, 0.717) is 43.0 Å². The summed E-state index contributed by atoms with van der Waals surface area (Å²) in [5.41, 5.74) is 1.50. The summed E-state index contributed by atoms with van der Waals surface area (Å²) in [6, 6.07) is 10.2. The number of hydrogen-bond acceptors (Lipinski definition) is 7. The summed E-state index contributed by atoms with van der Waals surface area (Å²) >= 11 is 0. The highest BCUT2D eigenvalue weighted by molar-refractivity contribution is 6.22. The number of imide groups is 1. The third-order valence-corrected chi connectivity index (χ3v) is 6.52. The van der Waals surface area contributed by atoms with E-state index in [1.807, 2.05) is 30.4 Å². The predicted octanol–water partition coefficient (Wildman–Crippen LogP) is 3.75. The number of allylic oxidation sites excluding steroid dienone is 2. The lowest BCUT2D eigenvalue weighted by atomic mass is 9.85. The molecular formula is C25H27N3O6. The Labute approximate surface area is 197 Å². The van der Waals surface area contributed by atoms with Crippen LogP contribution < -0.4 is 19.3 Å². The molecule has 0 bridgehead atoms. The van der Waals surface area contributed by atoms with Gasteiger partial charge >= 0.3 is 0 Å². The van der Waals surface area contributed by atoms with Crippen LogP contribution >= 0.6 is 0 Å². The molecule has 4 rings (SSSR count). The number of rotatable bonds is 8. The molecule has 1 fully saturated rings. The topological polar surface area (TPSA) is 102 Å². The zero-order valence-electron chi connectivity index (χ0n) is 19.4. The van der Waals surface area contributed by atoms with Crippen LogP contribution in [0.15, 0.2) is 48.6 Å². The average molecular weight is 466 g/mol. The lowest BCUT2D eigenvalue weighted by Gasteiger charge is -2.21. The lowest BCUT2D eigenvalue weighted by molar-refractivity contribution is -0.384. The molecule has 0 N–H and O–H groups in total. The second-order valence-electron chi connectivity index (χ2n) is 8.46. The van der Waals surface area contributed by atoms with Gasteiger partial charge in [0.2, 0.25) is 11.8 Å². The third-order valence-electron chi connectivity index (χ3n) is 6.52. The summed E-state index contributed by atoms with van der Waals surface area (Å²) in [6.45, 7) is 0.507. The van der Waals surface area contributed by atoms with Gasteiger partial charge in [-0.3, -0.25) is 19.7 Å². The molecule has 1 aliphatic carbocycles. The Bertz CT molecular complexity index is 1140. The van der Waals surface area contributed by atoms with Crippen molar-refractivity contribution in [3.05, 3.63) is 64.2 Å². The molecule has 1 saturated heterocycles. The van der Waals surface area contributed by atoms with Crippen molar-refractivity contribution in [1.82, 2.24) is 0 Å². The number of ether oxygens (including phenoxy) is 2. The van der Waals surface area contributed by atoms with E-state index in [2.05, 4.69) is 0 Å². The number of methoxy groups -OCH3 is 2. The van der Waals surface area contributed by atoms with Gasteiger partial charge in [0.1, 0.15) is 5.69 Å². The molecule has 178 valence electrons. The quantitative estimate of drug-likeness (QED) is 0.253. The minimum Gasteiger partial charge on any atom is -0.493 e. The van der Waals surface area contributed by atoms with Gasteiger partial charge in [0, 0.05) is 19.7 Å². The van der Waals surface area contributed by atoms with Crippen molar-refractivity contribution in [2.75, 3.05) is 37.6 Å². The SMILES string of the molecule is COc1ccc(CCN(C)c2ccc(N3C(=O)[C@H]4CC=CC[C@H]4C3=O)cc2[N+](=O)[O-])cc1OC. The molecule has 9 heteroatoms. The molecule has 2 amide bonds. The third kappa shape index (κ3) is 4.21. The summed E-state index contributed by atoms with van der Waals surface area (Å²) in [6.07, 6.45) is 5.48. The number of carbonyl (C=O) groups is 2. The van der Waals surface area contributed by atoms with Crippen molar-refractivity contribution in [2.24, 2.45) is 11.8 Å². The normalized spacial score (nSPS) is 19.2. The smallest absolute Gasteiger partial charge is 0.294 e. The van der Waals surface area contributed by atoms with Gasteiger partial charge in [0.05, 0.1) is 36.7 Å². The van der Waals surface area contributed by atoms with Gasteiger partial charge in [-0.15, -0.1) is 0 Å². The highest BCUT2D eigenvalue weighted by Gasteiger charge is 2.48. The van der Waals surface area contributed by atoms with Crippen molar-refractivity contribution >= 4 is 28.9 Å². The molecule has 0 aromatic heterocycles. The maximum atomic E-state index is 12.9. The second kappa shape index (κ2) is 9.54. The molecule has 9 nitrogen and oxygen atoms in total. The number of likely N-dealkylation sites (N-methyl/N-ethyl adjacent to an activating group) is 1. The van der Waals surface area contributed by atoms with Gasteiger partial charge in [0.25, 0.3) is 5.69 Å². The average Bonchev–Trinajstić information content (AvgIpc) is 3.11. The summed E-state index contributed by atoms with van der Waals surface area (Å²) in [5.74, 6) is -0.103. The van der Waals surface area contributed by atoms with Crippen LogP contribution in [0.3, 0.4) is 0 Å². The van der Waals surface area contributed by atoms with Crippen LogP contribution in [0.5, 0.6) is 11.5 Å². The van der Waals surface area contributed by atoms with E-state index >= 15 is 0 Å². The monoisotopic (exact) mass is 465 g/mol. The highest BCUT2D eigenvalue weighted by Crippen LogP contribution is 2.40. The molecule has 0 radical (unpaired) electrons. The molecule has 0 spiro atoms. The van der Waals surface area contributed by atoms with Crippen LogP contribution in [0.25, 0.3) is 0 Å². The maximum absolute atomic E-state index is 12.9. The molecule has 0 unspecified atom stereocenters. The molecule has 0 saturated carbocycles. The number of nitrogens with zero attached hydrogens (tertiary/aromatic N) is 3. The number of benzene rings is 2. The number of fused-ring (bicyclic) bond motifs is 1. The van der Waals surface area contributed by atoms with Crippen molar-refractivity contribution in [3.63, 3.8) is 0 Å². The number of hydrogen-bond donors (Lipinski definition) is 0. The van der Waals surface area contributed by atoms with Gasteiger partial charge in [0.15, 0.2) is 11.5 Å². The van der Waals surface area contributed by atoms with Crippen LogP contribution in [0.2, 0.25) is 0 Å². The predicted molar refractivity (Wildman–Crippen MR) is 127 cm³/mol. The Morgan fingerprint density at radius 2 is 1.65 bits per heavy atom. The zero-order chi connectivity index (χ0) is 24.4. The van der Waals surface area contributed by atoms with Gasteiger partial charge < -0.3 is 14.4 Å². The van der Waals surface area contributed by atoms with Gasteiger partial charge in [-0.1, -0.05) is 18.2 Å². The van der Waals surface area contributed by atoms with E-state index in [0.717, 1.165) is 10.5 Å². The molecule has 34 heavy (non-hydrogen) atoms. The first-order chi connectivity index (χ1) is 16.3. The van der Waals surface area contributed by atoms with E-state index in [-0.39, 0.29) is 35.0 Å². The first-order valence-electron chi connectivity index (χ1n) is 11.1. The summed E-state index contributed by atoms with van der Waals surface area (Å²) in [5, 5.41) is 11.9. The first kappa shape index (κ1) is 23.3. The largest absolute Gasteiger partial charge is 0.493 e. The summed E-state index contributed by atoms with van der Waals surface area (Å²) < 4.78 is 10.6. The number of amides is 2. The van der Waals surface area contributed by atoms with Crippen molar-refractivity contribution in [1.29, 1.82) is 0 Å². The van der Waals surface area contributed by atoms with E-state index in [1.54, 1.807) is 38.3 Å². The van der Waals surface area contributed by atoms with Crippen LogP contribution in [0.1, 0.15) is 18.4 Å². The van der Waals surface area contributed by atoms with E-state index in [4.69, 9.17) is 9.47 Å². The number of nitro groups is 1. The highest BCUT2D eigenvalue weighted by atomic mass is 16.6. The van der Waals surface area contributed by atoms with E-state index in [9.17, 15) is 19.7 Å². The van der Waals surface area contributed by atoms with Crippen molar-refractivity contribution < 1.29 is 24.0 Å². The standard InChI is InChI=1S/C25H27N3O6/c1-26(13-12-16-8-11-22(33-2)23(14-16)34-3)20-10-9-17(15-21(20)28(31)32)27-24(29)18-6-4-5-7-19(18)25(27)30/h4-5,8-11,14-15,18-19H,6-7,12-13H2,1-3H3/t18-,19+. The van der Waals surface area contributed by atoms with Crippen LogP contribution in [0.4, 0.5) is 17.1 Å². The molecule has 2 aromatic carbocycles. The Hall–Kier alpha value is -3.88. The van der Waals surface area contributed by atoms with Crippen LogP contribution in [0, 0.1) is 22.0 Å². The second-order valence-corrected chi connectivity index (χ2v) is 8.46. The van der Waals surface area contributed by atoms with Gasteiger partial charge in [-0.05, 0) is 49.1 Å². The van der Waals surface area contributed by atoms with E-state index in [1.165, 1.54) is 6.07 Å². The van der Waals surface area contributed by atoms with Crippen molar-refractivity contribution in [3.8, 4) is 11.5 Å². The number of nitro benzene ring substituents is 1. The lowest BCUT2D eigenvalue weighted by Crippen LogP contribution is -2.31. The number of anilines is 2. The molecule has 1 aliphatic heterocycles. The molecule has 2 aliphatic rings. The fourth-order valence-corrected chi connectivity index (χ4v) is 4.63. The zero-order valence-corrected chi connectivity index (χ0v) is 19.4. The summed E-state index contributed by atoms with van der Waals surface area (Å²) in [4.78, 5) is 40.1. The first-order valence-corrected chi connectivity index (χ1v) is 11.1.